The predicted molar refractivity (Wildman–Crippen MR) is 99.8 cm³/mol. The molecule has 0 N–H and O–H groups in total. The molecule has 0 saturated heterocycles. The number of benzene rings is 2. The monoisotopic (exact) mass is 387 g/mol. The van der Waals surface area contributed by atoms with Crippen LogP contribution in [0.15, 0.2) is 59.1 Å². The Hall–Kier alpha value is -2.69. The molecule has 0 aliphatic heterocycles. The van der Waals surface area contributed by atoms with Crippen molar-refractivity contribution in [3.05, 3.63) is 75.9 Å². The molecule has 2 atom stereocenters. The number of aromatic nitrogens is 1. The molecule has 4 heteroatoms. The van der Waals surface area contributed by atoms with Crippen LogP contribution in [-0.2, 0) is 0 Å². The number of nitriles is 2. The molecule has 0 unspecified atom stereocenters. The molecular formula is C21H14BrN3. The molecule has 4 rings (SSSR count). The fourth-order valence-electron chi connectivity index (χ4n) is 3.65. The summed E-state index contributed by atoms with van der Waals surface area (Å²) >= 11 is 3.43. The third-order valence-corrected chi connectivity index (χ3v) is 5.52. The first-order chi connectivity index (χ1) is 12.1. The lowest BCUT2D eigenvalue weighted by atomic mass is 10.0. The van der Waals surface area contributed by atoms with Crippen LogP contribution in [-0.4, -0.2) is 4.98 Å². The van der Waals surface area contributed by atoms with E-state index < -0.39 is 5.41 Å². The van der Waals surface area contributed by atoms with Crippen LogP contribution in [0.3, 0.4) is 0 Å². The van der Waals surface area contributed by atoms with E-state index in [9.17, 15) is 10.5 Å². The normalized spacial score (nSPS) is 20.6. The van der Waals surface area contributed by atoms with Crippen molar-refractivity contribution in [3.63, 3.8) is 0 Å². The minimum absolute atomic E-state index is 0.147. The molecule has 0 amide bonds. The van der Waals surface area contributed by atoms with Gasteiger partial charge in [-0.2, -0.15) is 10.5 Å². The molecule has 1 fully saturated rings. The van der Waals surface area contributed by atoms with Crippen molar-refractivity contribution in [1.82, 2.24) is 4.98 Å². The smallest absolute Gasteiger partial charge is 0.160 e. The number of aryl methyl sites for hydroxylation is 1. The Morgan fingerprint density at radius 3 is 2.36 bits per heavy atom. The fraction of sp³-hybridized carbons (Fsp3) is 0.190. The van der Waals surface area contributed by atoms with E-state index in [1.54, 1.807) is 0 Å². The SMILES string of the molecule is Cc1ccc2nc([C@H]3[C@H](c4ccc(Br)cc4)C3(C#N)C#N)ccc2c1. The number of fused-ring (bicyclic) bond motifs is 1. The molecule has 120 valence electrons. The molecule has 0 radical (unpaired) electrons. The minimum Gasteiger partial charge on any atom is -0.252 e. The zero-order chi connectivity index (χ0) is 17.6. The first kappa shape index (κ1) is 15.8. The topological polar surface area (TPSA) is 60.5 Å². The molecular weight excluding hydrogens is 374 g/mol. The van der Waals surface area contributed by atoms with Crippen LogP contribution < -0.4 is 0 Å². The average Bonchev–Trinajstić information content (AvgIpc) is 3.31. The Kier molecular flexibility index (Phi) is 3.60. The highest BCUT2D eigenvalue weighted by atomic mass is 79.9. The summed E-state index contributed by atoms with van der Waals surface area (Å²) in [5, 5.41) is 20.5. The number of rotatable bonds is 2. The van der Waals surface area contributed by atoms with Gasteiger partial charge in [-0.05, 0) is 42.8 Å². The van der Waals surface area contributed by atoms with E-state index in [4.69, 9.17) is 4.98 Å². The second kappa shape index (κ2) is 5.69. The van der Waals surface area contributed by atoms with E-state index in [-0.39, 0.29) is 11.8 Å². The van der Waals surface area contributed by atoms with Gasteiger partial charge in [0.15, 0.2) is 5.41 Å². The minimum atomic E-state index is -1.04. The van der Waals surface area contributed by atoms with Gasteiger partial charge >= 0.3 is 0 Å². The number of hydrogen-bond donors (Lipinski definition) is 0. The summed E-state index contributed by atoms with van der Waals surface area (Å²) in [5.41, 5.74) is 2.85. The standard InChI is InChI=1S/C21H14BrN3/c1-13-2-8-17-15(10-13)5-9-18(25-17)20-19(21(20,11-23)12-24)14-3-6-16(22)7-4-14/h2-10,19-20H,1H3/t19-,20-/m0/s1. The van der Waals surface area contributed by atoms with Crippen LogP contribution >= 0.6 is 15.9 Å². The highest BCUT2D eigenvalue weighted by Crippen LogP contribution is 2.69. The van der Waals surface area contributed by atoms with Crippen molar-refractivity contribution >= 4 is 26.8 Å². The van der Waals surface area contributed by atoms with Gasteiger partial charge in [0.2, 0.25) is 0 Å². The summed E-state index contributed by atoms with van der Waals surface area (Å²) in [6, 6.07) is 22.4. The lowest BCUT2D eigenvalue weighted by molar-refractivity contribution is 0.810. The van der Waals surface area contributed by atoms with Crippen molar-refractivity contribution in [1.29, 1.82) is 10.5 Å². The van der Waals surface area contributed by atoms with Gasteiger partial charge in [-0.3, -0.25) is 4.98 Å². The highest BCUT2D eigenvalue weighted by molar-refractivity contribution is 9.10. The Morgan fingerprint density at radius 1 is 0.960 bits per heavy atom. The lowest BCUT2D eigenvalue weighted by Gasteiger charge is -2.04. The Labute approximate surface area is 154 Å². The Balaban J connectivity index is 1.80. The average molecular weight is 388 g/mol. The third-order valence-electron chi connectivity index (χ3n) is 4.99. The van der Waals surface area contributed by atoms with Crippen molar-refractivity contribution in [2.24, 2.45) is 5.41 Å². The largest absolute Gasteiger partial charge is 0.252 e. The number of halogens is 1. The van der Waals surface area contributed by atoms with Crippen LogP contribution in [0.2, 0.25) is 0 Å². The van der Waals surface area contributed by atoms with Gasteiger partial charge in [0.25, 0.3) is 0 Å². The summed E-state index contributed by atoms with van der Waals surface area (Å²) in [6.07, 6.45) is 0. The van der Waals surface area contributed by atoms with Gasteiger partial charge in [0, 0.05) is 27.4 Å². The summed E-state index contributed by atoms with van der Waals surface area (Å²) in [5.74, 6) is -0.347. The predicted octanol–water partition coefficient (Wildman–Crippen LogP) is 5.22. The molecule has 3 aromatic rings. The van der Waals surface area contributed by atoms with Gasteiger partial charge in [-0.25, -0.2) is 0 Å². The molecule has 2 aromatic carbocycles. The van der Waals surface area contributed by atoms with Crippen molar-refractivity contribution < 1.29 is 0 Å². The summed E-state index contributed by atoms with van der Waals surface area (Å²) < 4.78 is 0.979. The van der Waals surface area contributed by atoms with E-state index in [1.807, 2.05) is 55.5 Å². The Bertz CT molecular complexity index is 1040. The van der Waals surface area contributed by atoms with Gasteiger partial charge in [-0.1, -0.05) is 45.8 Å². The highest BCUT2D eigenvalue weighted by Gasteiger charge is 2.68. The van der Waals surface area contributed by atoms with Crippen LogP contribution in [0.25, 0.3) is 10.9 Å². The van der Waals surface area contributed by atoms with E-state index >= 15 is 0 Å². The van der Waals surface area contributed by atoms with Crippen LogP contribution in [0.4, 0.5) is 0 Å². The summed E-state index contributed by atoms with van der Waals surface area (Å²) in [7, 11) is 0. The second-order valence-electron chi connectivity index (χ2n) is 6.53. The first-order valence-corrected chi connectivity index (χ1v) is 8.83. The maximum Gasteiger partial charge on any atom is 0.160 e. The molecule has 3 nitrogen and oxygen atoms in total. The van der Waals surface area contributed by atoms with E-state index in [1.165, 1.54) is 5.56 Å². The van der Waals surface area contributed by atoms with Crippen molar-refractivity contribution in [3.8, 4) is 12.1 Å². The molecule has 1 saturated carbocycles. The zero-order valence-electron chi connectivity index (χ0n) is 13.6. The van der Waals surface area contributed by atoms with E-state index in [2.05, 4.69) is 34.1 Å². The quantitative estimate of drug-likeness (QED) is 0.605. The summed E-state index contributed by atoms with van der Waals surface area (Å²) in [4.78, 5) is 4.75. The third kappa shape index (κ3) is 2.42. The summed E-state index contributed by atoms with van der Waals surface area (Å²) in [6.45, 7) is 2.05. The maximum atomic E-state index is 9.71. The van der Waals surface area contributed by atoms with Crippen molar-refractivity contribution in [2.75, 3.05) is 0 Å². The van der Waals surface area contributed by atoms with Crippen molar-refractivity contribution in [2.45, 2.75) is 18.8 Å². The van der Waals surface area contributed by atoms with Crippen LogP contribution in [0, 0.1) is 35.0 Å². The molecule has 1 aliphatic rings. The Morgan fingerprint density at radius 2 is 1.68 bits per heavy atom. The van der Waals surface area contributed by atoms with Gasteiger partial charge < -0.3 is 0 Å². The zero-order valence-corrected chi connectivity index (χ0v) is 15.2. The molecule has 1 heterocycles. The second-order valence-corrected chi connectivity index (χ2v) is 7.45. The van der Waals surface area contributed by atoms with Gasteiger partial charge in [0.05, 0.1) is 17.7 Å². The van der Waals surface area contributed by atoms with Gasteiger partial charge in [-0.15, -0.1) is 0 Å². The molecule has 0 spiro atoms. The van der Waals surface area contributed by atoms with Crippen LogP contribution in [0.1, 0.15) is 28.7 Å². The van der Waals surface area contributed by atoms with E-state index in [0.29, 0.717) is 0 Å². The molecule has 1 aromatic heterocycles. The first-order valence-electron chi connectivity index (χ1n) is 8.04. The maximum absolute atomic E-state index is 9.71. The number of pyridine rings is 1. The number of hydrogen-bond acceptors (Lipinski definition) is 3. The van der Waals surface area contributed by atoms with Gasteiger partial charge in [0.1, 0.15) is 0 Å². The molecule has 0 bridgehead atoms. The van der Waals surface area contributed by atoms with E-state index in [0.717, 1.165) is 26.6 Å². The lowest BCUT2D eigenvalue weighted by Crippen LogP contribution is -1.98. The number of nitrogens with zero attached hydrogens (tertiary/aromatic N) is 3. The fourth-order valence-corrected chi connectivity index (χ4v) is 3.92. The molecule has 1 aliphatic carbocycles. The molecule has 25 heavy (non-hydrogen) atoms. The van der Waals surface area contributed by atoms with Crippen LogP contribution in [0.5, 0.6) is 0 Å².